The number of nitro benzene ring substituents is 1. The smallest absolute Gasteiger partial charge is 0.292 e. The highest BCUT2D eigenvalue weighted by Gasteiger charge is 2.15. The summed E-state index contributed by atoms with van der Waals surface area (Å²) in [6.07, 6.45) is 0. The summed E-state index contributed by atoms with van der Waals surface area (Å²) >= 11 is 0. The van der Waals surface area contributed by atoms with Crippen LogP contribution in [0.15, 0.2) is 24.3 Å². The van der Waals surface area contributed by atoms with Gasteiger partial charge in [-0.3, -0.25) is 24.6 Å². The Morgan fingerprint density at radius 1 is 1.37 bits per heavy atom. The topological polar surface area (TPSA) is 119 Å². The average Bonchev–Trinajstić information content (AvgIpc) is 2.27. The molecule has 0 aliphatic carbocycles. The highest BCUT2D eigenvalue weighted by molar-refractivity contribution is 5.94. The minimum absolute atomic E-state index is 0.0652. The van der Waals surface area contributed by atoms with Crippen molar-refractivity contribution in [1.82, 2.24) is 4.90 Å². The number of carbonyl (C=O) groups excluding carboxylic acids is 2. The molecule has 0 aliphatic rings. The molecule has 0 spiro atoms. The Morgan fingerprint density at radius 2 is 2.00 bits per heavy atom. The van der Waals surface area contributed by atoms with Crippen molar-refractivity contribution in [3.63, 3.8) is 0 Å². The van der Waals surface area contributed by atoms with Crippen LogP contribution < -0.4 is 11.1 Å². The van der Waals surface area contributed by atoms with Crippen LogP contribution in [0.25, 0.3) is 0 Å². The number of para-hydroxylation sites is 2. The van der Waals surface area contributed by atoms with Crippen LogP contribution >= 0.6 is 0 Å². The fraction of sp³-hybridized carbons (Fsp3) is 0.273. The Kier molecular flexibility index (Phi) is 4.95. The standard InChI is InChI=1S/C11H14N4O4/c1-14(6-10(12)16)7-11(17)13-8-4-2-3-5-9(8)15(18)19/h2-5H,6-7H2,1H3,(H2,12,16)(H,13,17). The Balaban J connectivity index is 2.67. The lowest BCUT2D eigenvalue weighted by Crippen LogP contribution is -2.36. The van der Waals surface area contributed by atoms with Gasteiger partial charge in [-0.2, -0.15) is 0 Å². The molecule has 0 unspecified atom stereocenters. The molecule has 1 aromatic carbocycles. The quantitative estimate of drug-likeness (QED) is 0.552. The Labute approximate surface area is 109 Å². The molecule has 0 atom stereocenters. The summed E-state index contributed by atoms with van der Waals surface area (Å²) in [5.74, 6) is -1.01. The van der Waals surface area contributed by atoms with Crippen LogP contribution in [0.3, 0.4) is 0 Å². The van der Waals surface area contributed by atoms with Gasteiger partial charge in [-0.15, -0.1) is 0 Å². The lowest BCUT2D eigenvalue weighted by atomic mass is 10.2. The average molecular weight is 266 g/mol. The van der Waals surface area contributed by atoms with Crippen molar-refractivity contribution in [2.24, 2.45) is 5.73 Å². The van der Waals surface area contributed by atoms with E-state index in [1.165, 1.54) is 23.1 Å². The van der Waals surface area contributed by atoms with Gasteiger partial charge < -0.3 is 11.1 Å². The normalized spacial score (nSPS) is 10.2. The Bertz CT molecular complexity index is 503. The van der Waals surface area contributed by atoms with Gasteiger partial charge in [0.2, 0.25) is 11.8 Å². The van der Waals surface area contributed by atoms with Crippen molar-refractivity contribution in [3.8, 4) is 0 Å². The molecule has 19 heavy (non-hydrogen) atoms. The molecule has 0 saturated carbocycles. The summed E-state index contributed by atoms with van der Waals surface area (Å²) in [6.45, 7) is -0.153. The van der Waals surface area contributed by atoms with Crippen molar-refractivity contribution in [3.05, 3.63) is 34.4 Å². The molecule has 0 radical (unpaired) electrons. The molecule has 102 valence electrons. The fourth-order valence-corrected chi connectivity index (χ4v) is 1.50. The van der Waals surface area contributed by atoms with E-state index < -0.39 is 16.7 Å². The lowest BCUT2D eigenvalue weighted by Gasteiger charge is -2.14. The van der Waals surface area contributed by atoms with Crippen LogP contribution in [0, 0.1) is 10.1 Å². The van der Waals surface area contributed by atoms with E-state index in [1.54, 1.807) is 13.1 Å². The van der Waals surface area contributed by atoms with Crippen LogP contribution in [0.4, 0.5) is 11.4 Å². The third-order valence-electron chi connectivity index (χ3n) is 2.21. The van der Waals surface area contributed by atoms with E-state index in [-0.39, 0.29) is 24.5 Å². The van der Waals surface area contributed by atoms with Crippen molar-refractivity contribution in [2.75, 3.05) is 25.5 Å². The number of likely N-dealkylation sites (N-methyl/N-ethyl adjacent to an activating group) is 1. The molecule has 0 fully saturated rings. The molecular formula is C11H14N4O4. The molecule has 1 aromatic rings. The number of anilines is 1. The Hall–Kier alpha value is -2.48. The van der Waals surface area contributed by atoms with Crippen LogP contribution in [0.2, 0.25) is 0 Å². The van der Waals surface area contributed by atoms with E-state index in [2.05, 4.69) is 5.32 Å². The first-order valence-electron chi connectivity index (χ1n) is 5.40. The molecular weight excluding hydrogens is 252 g/mol. The second-order valence-corrected chi connectivity index (χ2v) is 3.96. The number of rotatable bonds is 6. The van der Waals surface area contributed by atoms with Gasteiger partial charge in [-0.25, -0.2) is 0 Å². The van der Waals surface area contributed by atoms with Crippen molar-refractivity contribution >= 4 is 23.2 Å². The van der Waals surface area contributed by atoms with Gasteiger partial charge in [0, 0.05) is 6.07 Å². The van der Waals surface area contributed by atoms with Gasteiger partial charge in [0.1, 0.15) is 5.69 Å². The number of nitrogens with two attached hydrogens (primary N) is 1. The maximum absolute atomic E-state index is 11.7. The minimum atomic E-state index is -0.581. The highest BCUT2D eigenvalue weighted by atomic mass is 16.6. The fourth-order valence-electron chi connectivity index (χ4n) is 1.50. The summed E-state index contributed by atoms with van der Waals surface area (Å²) in [5, 5.41) is 13.2. The number of hydrogen-bond acceptors (Lipinski definition) is 5. The van der Waals surface area contributed by atoms with E-state index >= 15 is 0 Å². The van der Waals surface area contributed by atoms with E-state index in [1.807, 2.05) is 0 Å². The zero-order chi connectivity index (χ0) is 14.4. The summed E-state index contributed by atoms with van der Waals surface area (Å²) in [4.78, 5) is 33.9. The van der Waals surface area contributed by atoms with Gasteiger partial charge in [0.05, 0.1) is 18.0 Å². The summed E-state index contributed by atoms with van der Waals surface area (Å²) in [7, 11) is 1.55. The minimum Gasteiger partial charge on any atom is -0.369 e. The number of nitrogens with zero attached hydrogens (tertiary/aromatic N) is 2. The zero-order valence-corrected chi connectivity index (χ0v) is 10.3. The number of benzene rings is 1. The molecule has 2 amide bonds. The maximum Gasteiger partial charge on any atom is 0.292 e. The molecule has 0 saturated heterocycles. The first-order chi connectivity index (χ1) is 8.90. The van der Waals surface area contributed by atoms with E-state index in [0.29, 0.717) is 0 Å². The SMILES string of the molecule is CN(CC(N)=O)CC(=O)Nc1ccccc1[N+](=O)[O-]. The largest absolute Gasteiger partial charge is 0.369 e. The number of carbonyl (C=O) groups is 2. The number of amides is 2. The van der Waals surface area contributed by atoms with Crippen molar-refractivity contribution in [2.45, 2.75) is 0 Å². The lowest BCUT2D eigenvalue weighted by molar-refractivity contribution is -0.383. The number of primary amides is 1. The predicted molar refractivity (Wildman–Crippen MR) is 68.4 cm³/mol. The van der Waals surface area contributed by atoms with Gasteiger partial charge in [0.25, 0.3) is 5.69 Å². The molecule has 0 heterocycles. The maximum atomic E-state index is 11.7. The molecule has 1 rings (SSSR count). The predicted octanol–water partition coefficient (Wildman–Crippen LogP) is -0.0496. The van der Waals surface area contributed by atoms with Gasteiger partial charge in [-0.05, 0) is 13.1 Å². The van der Waals surface area contributed by atoms with Crippen molar-refractivity contribution < 1.29 is 14.5 Å². The van der Waals surface area contributed by atoms with Gasteiger partial charge in [-0.1, -0.05) is 12.1 Å². The molecule has 8 nitrogen and oxygen atoms in total. The molecule has 0 aliphatic heterocycles. The first-order valence-corrected chi connectivity index (χ1v) is 5.40. The molecule has 0 bridgehead atoms. The second-order valence-electron chi connectivity index (χ2n) is 3.96. The summed E-state index contributed by atoms with van der Waals surface area (Å²) in [5.41, 5.74) is 4.91. The molecule has 0 aromatic heterocycles. The van der Waals surface area contributed by atoms with E-state index in [0.717, 1.165) is 0 Å². The summed E-state index contributed by atoms with van der Waals surface area (Å²) < 4.78 is 0. The number of nitro groups is 1. The van der Waals surface area contributed by atoms with Gasteiger partial charge >= 0.3 is 0 Å². The molecule has 3 N–H and O–H groups in total. The van der Waals surface area contributed by atoms with E-state index in [4.69, 9.17) is 5.73 Å². The first kappa shape index (κ1) is 14.6. The monoisotopic (exact) mass is 266 g/mol. The summed E-state index contributed by atoms with van der Waals surface area (Å²) in [6, 6.07) is 5.82. The third-order valence-corrected chi connectivity index (χ3v) is 2.21. The second kappa shape index (κ2) is 6.45. The third kappa shape index (κ3) is 4.72. The van der Waals surface area contributed by atoms with Crippen LogP contribution in [-0.4, -0.2) is 41.8 Å². The van der Waals surface area contributed by atoms with E-state index in [9.17, 15) is 19.7 Å². The van der Waals surface area contributed by atoms with Gasteiger partial charge in [0.15, 0.2) is 0 Å². The number of nitrogens with one attached hydrogen (secondary N) is 1. The van der Waals surface area contributed by atoms with Crippen LogP contribution in [0.1, 0.15) is 0 Å². The zero-order valence-electron chi connectivity index (χ0n) is 10.3. The Morgan fingerprint density at radius 3 is 2.58 bits per heavy atom. The van der Waals surface area contributed by atoms with Crippen molar-refractivity contribution in [1.29, 1.82) is 0 Å². The van der Waals surface area contributed by atoms with Crippen LogP contribution in [0.5, 0.6) is 0 Å². The molecule has 8 heteroatoms. The van der Waals surface area contributed by atoms with Crippen LogP contribution in [-0.2, 0) is 9.59 Å². The number of hydrogen-bond donors (Lipinski definition) is 2. The highest BCUT2D eigenvalue weighted by Crippen LogP contribution is 2.22.